The molecule has 0 aromatic carbocycles. The molecule has 4 nitrogen and oxygen atoms in total. The Balaban J connectivity index is 1.73. The fourth-order valence-electron chi connectivity index (χ4n) is 3.91. The van der Waals surface area contributed by atoms with Crippen LogP contribution in [0.5, 0.6) is 0 Å². The van der Waals surface area contributed by atoms with Gasteiger partial charge >= 0.3 is 5.97 Å². The van der Waals surface area contributed by atoms with Gasteiger partial charge in [0.05, 0.1) is 11.7 Å². The standard InChI is InChI=1S/C24H40O4/c1-3-5-7-8-9-10-11-12-16-21-22(28-24(21)25)19-20(15-6-4-2)27-23-17-13-14-18-26-23/h4,20,23H,2-3,5-19H2,1H3/t20-,23?/m0/s1. The third-order valence-corrected chi connectivity index (χ3v) is 5.67. The van der Waals surface area contributed by atoms with Gasteiger partial charge in [0.2, 0.25) is 0 Å². The van der Waals surface area contributed by atoms with Gasteiger partial charge < -0.3 is 14.2 Å². The van der Waals surface area contributed by atoms with Crippen molar-refractivity contribution in [3.8, 4) is 0 Å². The molecule has 4 heteroatoms. The van der Waals surface area contributed by atoms with E-state index in [4.69, 9.17) is 14.2 Å². The fourth-order valence-corrected chi connectivity index (χ4v) is 3.91. The highest BCUT2D eigenvalue weighted by Crippen LogP contribution is 2.32. The molecule has 0 N–H and O–H groups in total. The van der Waals surface area contributed by atoms with Gasteiger partial charge in [-0.05, 0) is 44.9 Å². The third kappa shape index (κ3) is 8.48. The van der Waals surface area contributed by atoms with E-state index in [1.807, 2.05) is 6.08 Å². The van der Waals surface area contributed by atoms with Crippen molar-refractivity contribution >= 4 is 5.97 Å². The molecule has 0 amide bonds. The van der Waals surface area contributed by atoms with Crippen molar-refractivity contribution in [2.45, 2.75) is 116 Å². The minimum atomic E-state index is -0.130. The molecular weight excluding hydrogens is 352 g/mol. The second-order valence-corrected chi connectivity index (χ2v) is 8.14. The maximum absolute atomic E-state index is 11.9. The maximum Gasteiger partial charge on any atom is 0.342 e. The number of rotatable bonds is 16. The number of cyclic esters (lactones) is 1. The summed E-state index contributed by atoms with van der Waals surface area (Å²) in [5.41, 5.74) is 0.891. The second kappa shape index (κ2) is 13.9. The van der Waals surface area contributed by atoms with E-state index in [9.17, 15) is 4.79 Å². The summed E-state index contributed by atoms with van der Waals surface area (Å²) < 4.78 is 17.3. The molecule has 0 aromatic heterocycles. The normalized spacial score (nSPS) is 20.6. The highest BCUT2D eigenvalue weighted by atomic mass is 16.7. The summed E-state index contributed by atoms with van der Waals surface area (Å²) in [6.45, 7) is 6.84. The van der Waals surface area contributed by atoms with Gasteiger partial charge in [-0.25, -0.2) is 4.79 Å². The molecule has 2 rings (SSSR count). The first-order valence-electron chi connectivity index (χ1n) is 11.6. The summed E-state index contributed by atoms with van der Waals surface area (Å²) >= 11 is 0. The van der Waals surface area contributed by atoms with Crippen molar-refractivity contribution in [1.82, 2.24) is 0 Å². The Morgan fingerprint density at radius 1 is 1.14 bits per heavy atom. The minimum Gasteiger partial charge on any atom is -0.427 e. The molecule has 2 heterocycles. The largest absolute Gasteiger partial charge is 0.427 e. The van der Waals surface area contributed by atoms with Gasteiger partial charge in [0.15, 0.2) is 6.29 Å². The lowest BCUT2D eigenvalue weighted by atomic mass is 9.98. The summed E-state index contributed by atoms with van der Waals surface area (Å²) in [6, 6.07) is 0. The van der Waals surface area contributed by atoms with Crippen LogP contribution in [0.4, 0.5) is 0 Å². The van der Waals surface area contributed by atoms with Crippen LogP contribution in [0.1, 0.15) is 103 Å². The topological polar surface area (TPSA) is 44.8 Å². The number of esters is 1. The van der Waals surface area contributed by atoms with Crippen LogP contribution in [0.2, 0.25) is 0 Å². The van der Waals surface area contributed by atoms with Crippen molar-refractivity contribution in [2.24, 2.45) is 0 Å². The third-order valence-electron chi connectivity index (χ3n) is 5.67. The van der Waals surface area contributed by atoms with Gasteiger partial charge in [0.25, 0.3) is 0 Å². The van der Waals surface area contributed by atoms with E-state index in [1.165, 1.54) is 44.9 Å². The van der Waals surface area contributed by atoms with Crippen molar-refractivity contribution in [2.75, 3.05) is 6.61 Å². The van der Waals surface area contributed by atoms with Gasteiger partial charge in [-0.3, -0.25) is 0 Å². The molecule has 28 heavy (non-hydrogen) atoms. The van der Waals surface area contributed by atoms with Crippen LogP contribution in [0, 0.1) is 0 Å². The van der Waals surface area contributed by atoms with Crippen molar-refractivity contribution in [3.63, 3.8) is 0 Å². The average molecular weight is 393 g/mol. The van der Waals surface area contributed by atoms with Gasteiger partial charge in [0.1, 0.15) is 5.76 Å². The van der Waals surface area contributed by atoms with Crippen LogP contribution < -0.4 is 0 Å². The molecule has 0 saturated carbocycles. The molecule has 0 aliphatic carbocycles. The van der Waals surface area contributed by atoms with Crippen molar-refractivity contribution in [3.05, 3.63) is 24.0 Å². The predicted octanol–water partition coefficient (Wildman–Crippen LogP) is 6.60. The average Bonchev–Trinajstić information content (AvgIpc) is 2.71. The zero-order valence-corrected chi connectivity index (χ0v) is 17.9. The van der Waals surface area contributed by atoms with E-state index in [0.29, 0.717) is 6.42 Å². The number of carbonyl (C=O) groups excluding carboxylic acids is 1. The van der Waals surface area contributed by atoms with Gasteiger partial charge in [0, 0.05) is 13.0 Å². The highest BCUT2D eigenvalue weighted by molar-refractivity contribution is 5.95. The molecule has 2 atom stereocenters. The van der Waals surface area contributed by atoms with Crippen LogP contribution in [0.15, 0.2) is 24.0 Å². The first-order chi connectivity index (χ1) is 13.7. The molecule has 2 aliphatic rings. The number of allylic oxidation sites excluding steroid dienone is 1. The Morgan fingerprint density at radius 3 is 2.54 bits per heavy atom. The highest BCUT2D eigenvalue weighted by Gasteiger charge is 2.32. The number of unbranched alkanes of at least 4 members (excludes halogenated alkanes) is 7. The number of hydrogen-bond acceptors (Lipinski definition) is 4. The Kier molecular flexibility index (Phi) is 11.5. The zero-order valence-electron chi connectivity index (χ0n) is 17.9. The van der Waals surface area contributed by atoms with E-state index < -0.39 is 0 Å². The van der Waals surface area contributed by atoms with Crippen LogP contribution in [0.25, 0.3) is 0 Å². The molecular formula is C24H40O4. The van der Waals surface area contributed by atoms with E-state index in [-0.39, 0.29) is 18.4 Å². The quantitative estimate of drug-likeness (QED) is 0.169. The number of carbonyl (C=O) groups is 1. The SMILES string of the molecule is C=CCC[C@@H](CC1=C(CCCCCCCCCC)C(=O)O1)OC1CCCCO1. The number of hydrogen-bond donors (Lipinski definition) is 0. The van der Waals surface area contributed by atoms with E-state index >= 15 is 0 Å². The Morgan fingerprint density at radius 2 is 1.89 bits per heavy atom. The van der Waals surface area contributed by atoms with E-state index in [2.05, 4.69) is 13.5 Å². The Bertz CT molecular complexity index is 491. The summed E-state index contributed by atoms with van der Waals surface area (Å²) in [6.07, 6.45) is 18.5. The molecule has 160 valence electrons. The van der Waals surface area contributed by atoms with Gasteiger partial charge in [-0.15, -0.1) is 6.58 Å². The lowest BCUT2D eigenvalue weighted by molar-refractivity contribution is -0.190. The van der Waals surface area contributed by atoms with Crippen LogP contribution >= 0.6 is 0 Å². The molecule has 0 spiro atoms. The molecule has 0 bridgehead atoms. The summed E-state index contributed by atoms with van der Waals surface area (Å²) in [4.78, 5) is 11.9. The minimum absolute atomic E-state index is 0.0257. The summed E-state index contributed by atoms with van der Waals surface area (Å²) in [5.74, 6) is 0.715. The van der Waals surface area contributed by atoms with Crippen LogP contribution in [-0.4, -0.2) is 25.0 Å². The van der Waals surface area contributed by atoms with Crippen molar-refractivity contribution in [1.29, 1.82) is 0 Å². The number of ether oxygens (including phenoxy) is 3. The van der Waals surface area contributed by atoms with Crippen LogP contribution in [-0.2, 0) is 19.0 Å². The second-order valence-electron chi connectivity index (χ2n) is 8.14. The smallest absolute Gasteiger partial charge is 0.342 e. The molecule has 2 aliphatic heterocycles. The Hall–Kier alpha value is -1.13. The monoisotopic (exact) mass is 392 g/mol. The molecule has 1 unspecified atom stereocenters. The molecule has 0 radical (unpaired) electrons. The maximum atomic E-state index is 11.9. The first-order valence-corrected chi connectivity index (χ1v) is 11.6. The Labute approximate surface area is 171 Å². The molecule has 1 fully saturated rings. The fraction of sp³-hybridized carbons (Fsp3) is 0.792. The summed E-state index contributed by atoms with van der Waals surface area (Å²) in [5, 5.41) is 0. The lowest BCUT2D eigenvalue weighted by Gasteiger charge is -2.30. The van der Waals surface area contributed by atoms with E-state index in [0.717, 1.165) is 62.9 Å². The zero-order chi connectivity index (χ0) is 20.0. The molecule has 0 aromatic rings. The van der Waals surface area contributed by atoms with Gasteiger partial charge in [-0.2, -0.15) is 0 Å². The summed E-state index contributed by atoms with van der Waals surface area (Å²) in [7, 11) is 0. The lowest BCUT2D eigenvalue weighted by Crippen LogP contribution is -2.31. The predicted molar refractivity (Wildman–Crippen MR) is 113 cm³/mol. The van der Waals surface area contributed by atoms with Crippen molar-refractivity contribution < 1.29 is 19.0 Å². The molecule has 1 saturated heterocycles. The first kappa shape index (κ1) is 23.2. The van der Waals surface area contributed by atoms with Gasteiger partial charge in [-0.1, -0.05) is 57.9 Å². The van der Waals surface area contributed by atoms with E-state index in [1.54, 1.807) is 0 Å². The van der Waals surface area contributed by atoms with Crippen LogP contribution in [0.3, 0.4) is 0 Å².